The molecule has 1 aliphatic heterocycles. The fraction of sp³-hybridized carbons (Fsp3) is 0.385. The smallest absolute Gasteiger partial charge is 0.254 e. The second-order valence-electron chi connectivity index (χ2n) is 4.80. The molecule has 0 saturated carbocycles. The normalized spacial score (nSPS) is 14.3. The molecule has 0 atom stereocenters. The molecule has 0 aliphatic carbocycles. The molecule has 0 amide bonds. The van der Waals surface area contributed by atoms with Crippen molar-refractivity contribution in [3.63, 3.8) is 0 Å². The van der Waals surface area contributed by atoms with Gasteiger partial charge in [0, 0.05) is 12.1 Å². The Hall–Kier alpha value is -2.24. The van der Waals surface area contributed by atoms with Crippen molar-refractivity contribution in [3.8, 4) is 0 Å². The molecule has 2 aromatic heterocycles. The van der Waals surface area contributed by atoms with Crippen molar-refractivity contribution in [3.05, 3.63) is 45.3 Å². The summed E-state index contributed by atoms with van der Waals surface area (Å²) in [5, 5.41) is 8.23. The van der Waals surface area contributed by atoms with E-state index in [2.05, 4.69) is 25.1 Å². The number of aromatic nitrogens is 4. The van der Waals surface area contributed by atoms with Crippen molar-refractivity contribution < 1.29 is 0 Å². The highest BCUT2D eigenvalue weighted by atomic mass is 16.1. The summed E-state index contributed by atoms with van der Waals surface area (Å²) in [6, 6.07) is 0. The molecule has 3 rings (SSSR count). The van der Waals surface area contributed by atoms with E-state index >= 15 is 0 Å². The van der Waals surface area contributed by atoms with E-state index in [-0.39, 0.29) is 5.56 Å². The van der Waals surface area contributed by atoms with Crippen LogP contribution in [0.2, 0.25) is 0 Å². The number of rotatable bonds is 1. The maximum atomic E-state index is 11.7. The quantitative estimate of drug-likeness (QED) is 0.815. The summed E-state index contributed by atoms with van der Waals surface area (Å²) in [4.78, 5) is 20.7. The van der Waals surface area contributed by atoms with Gasteiger partial charge in [-0.1, -0.05) is 0 Å². The molecule has 0 spiro atoms. The lowest BCUT2D eigenvalue weighted by Gasteiger charge is -2.29. The second-order valence-corrected chi connectivity index (χ2v) is 4.80. The molecule has 6 nitrogen and oxygen atoms in total. The van der Waals surface area contributed by atoms with E-state index in [1.165, 1.54) is 6.33 Å². The lowest BCUT2D eigenvalue weighted by molar-refractivity contribution is 0.679. The summed E-state index contributed by atoms with van der Waals surface area (Å²) in [5.74, 6) is 0.882. The number of aryl methyl sites for hydroxylation is 1. The first-order chi connectivity index (χ1) is 9.16. The highest BCUT2D eigenvalue weighted by Crippen LogP contribution is 2.23. The average molecular weight is 257 g/mol. The third kappa shape index (κ3) is 1.99. The first-order valence-corrected chi connectivity index (χ1v) is 6.26. The predicted octanol–water partition coefficient (Wildman–Crippen LogP) is 0.739. The Balaban J connectivity index is 1.98. The van der Waals surface area contributed by atoms with Crippen LogP contribution in [-0.2, 0) is 13.0 Å². The van der Waals surface area contributed by atoms with Crippen molar-refractivity contribution in [2.45, 2.75) is 26.8 Å². The summed E-state index contributed by atoms with van der Waals surface area (Å²) in [7, 11) is 0. The highest BCUT2D eigenvalue weighted by molar-refractivity contribution is 5.49. The van der Waals surface area contributed by atoms with Crippen molar-refractivity contribution in [2.24, 2.45) is 0 Å². The Morgan fingerprint density at radius 1 is 1.37 bits per heavy atom. The largest absolute Gasteiger partial charge is 0.349 e. The van der Waals surface area contributed by atoms with Crippen LogP contribution in [-0.4, -0.2) is 26.7 Å². The van der Waals surface area contributed by atoms with Crippen LogP contribution in [0.5, 0.6) is 0 Å². The Labute approximate surface area is 110 Å². The highest BCUT2D eigenvalue weighted by Gasteiger charge is 2.22. The number of fused-ring (bicyclic) bond motifs is 1. The lowest BCUT2D eigenvalue weighted by Crippen LogP contribution is -2.36. The number of nitrogens with zero attached hydrogens (tertiary/aromatic N) is 4. The zero-order valence-corrected chi connectivity index (χ0v) is 11.0. The number of H-pyrrole nitrogens is 1. The molecule has 98 valence electrons. The van der Waals surface area contributed by atoms with Crippen molar-refractivity contribution in [1.82, 2.24) is 20.2 Å². The number of hydrogen-bond donors (Lipinski definition) is 1. The van der Waals surface area contributed by atoms with Crippen LogP contribution in [0.15, 0.2) is 17.3 Å². The van der Waals surface area contributed by atoms with Gasteiger partial charge in [0.2, 0.25) is 0 Å². The van der Waals surface area contributed by atoms with Crippen molar-refractivity contribution >= 4 is 5.82 Å². The minimum atomic E-state index is -0.0308. The lowest BCUT2D eigenvalue weighted by atomic mass is 10.1. The Morgan fingerprint density at radius 3 is 3.05 bits per heavy atom. The van der Waals surface area contributed by atoms with Crippen LogP contribution in [0.1, 0.15) is 22.4 Å². The molecule has 0 saturated heterocycles. The summed E-state index contributed by atoms with van der Waals surface area (Å²) in [6.07, 6.45) is 3.91. The van der Waals surface area contributed by atoms with Crippen LogP contribution in [0.3, 0.4) is 0 Å². The fourth-order valence-electron chi connectivity index (χ4n) is 2.37. The molecule has 3 heterocycles. The molecule has 19 heavy (non-hydrogen) atoms. The van der Waals surface area contributed by atoms with Gasteiger partial charge in [-0.2, -0.15) is 5.10 Å². The molecule has 0 fully saturated rings. The van der Waals surface area contributed by atoms with Gasteiger partial charge in [-0.25, -0.2) is 4.98 Å². The molecule has 2 aromatic rings. The summed E-state index contributed by atoms with van der Waals surface area (Å²) in [6.45, 7) is 5.44. The fourth-order valence-corrected chi connectivity index (χ4v) is 2.37. The zero-order valence-electron chi connectivity index (χ0n) is 11.0. The zero-order chi connectivity index (χ0) is 13.4. The minimum absolute atomic E-state index is 0.0308. The van der Waals surface area contributed by atoms with E-state index < -0.39 is 0 Å². The molecule has 1 N–H and O–H groups in total. The van der Waals surface area contributed by atoms with E-state index in [0.29, 0.717) is 13.0 Å². The maximum absolute atomic E-state index is 11.7. The van der Waals surface area contributed by atoms with Gasteiger partial charge in [-0.05, 0) is 31.4 Å². The van der Waals surface area contributed by atoms with Gasteiger partial charge < -0.3 is 9.88 Å². The minimum Gasteiger partial charge on any atom is -0.349 e. The van der Waals surface area contributed by atoms with Gasteiger partial charge in [0.15, 0.2) is 5.82 Å². The summed E-state index contributed by atoms with van der Waals surface area (Å²) >= 11 is 0. The van der Waals surface area contributed by atoms with Gasteiger partial charge in [-0.3, -0.25) is 4.79 Å². The van der Waals surface area contributed by atoms with E-state index in [1.54, 1.807) is 6.20 Å². The van der Waals surface area contributed by atoms with Crippen LogP contribution >= 0.6 is 0 Å². The van der Waals surface area contributed by atoms with Crippen LogP contribution in [0.25, 0.3) is 0 Å². The van der Waals surface area contributed by atoms with Gasteiger partial charge in [0.05, 0.1) is 24.8 Å². The molecular weight excluding hydrogens is 242 g/mol. The van der Waals surface area contributed by atoms with Crippen LogP contribution in [0, 0.1) is 13.8 Å². The topological polar surface area (TPSA) is 74.8 Å². The van der Waals surface area contributed by atoms with E-state index in [0.717, 1.165) is 34.7 Å². The molecule has 0 aromatic carbocycles. The molecule has 0 radical (unpaired) electrons. The van der Waals surface area contributed by atoms with Gasteiger partial charge in [0.25, 0.3) is 5.56 Å². The first kappa shape index (κ1) is 11.8. The van der Waals surface area contributed by atoms with E-state index in [4.69, 9.17) is 0 Å². The Morgan fingerprint density at radius 2 is 2.21 bits per heavy atom. The Kier molecular flexibility index (Phi) is 2.77. The number of anilines is 1. The third-order valence-electron chi connectivity index (χ3n) is 3.64. The van der Waals surface area contributed by atoms with Crippen molar-refractivity contribution in [2.75, 3.05) is 11.4 Å². The van der Waals surface area contributed by atoms with Crippen LogP contribution < -0.4 is 10.5 Å². The second kappa shape index (κ2) is 4.46. The summed E-state index contributed by atoms with van der Waals surface area (Å²) in [5.41, 5.74) is 3.84. The standard InChI is InChI=1S/C13H15N5O/c1-8-5-16-17-12(9(8)2)18-4-3-10-11(6-18)14-7-15-13(10)19/h5,7H,3-4,6H2,1-2H3,(H,14,15,19). The molecule has 0 unspecified atom stereocenters. The number of aromatic amines is 1. The maximum Gasteiger partial charge on any atom is 0.254 e. The molecule has 6 heteroatoms. The third-order valence-corrected chi connectivity index (χ3v) is 3.64. The molecule has 1 aliphatic rings. The van der Waals surface area contributed by atoms with Crippen LogP contribution in [0.4, 0.5) is 5.82 Å². The number of hydrogen-bond acceptors (Lipinski definition) is 5. The van der Waals surface area contributed by atoms with Gasteiger partial charge in [-0.15, -0.1) is 5.10 Å². The first-order valence-electron chi connectivity index (χ1n) is 6.26. The predicted molar refractivity (Wildman–Crippen MR) is 71.1 cm³/mol. The Bertz CT molecular complexity index is 679. The van der Waals surface area contributed by atoms with E-state index in [9.17, 15) is 4.79 Å². The molecular formula is C13H15N5O. The van der Waals surface area contributed by atoms with Gasteiger partial charge >= 0.3 is 0 Å². The number of nitrogens with one attached hydrogen (secondary N) is 1. The SMILES string of the molecule is Cc1cnnc(N2CCc3c(nc[nH]c3=O)C2)c1C. The van der Waals surface area contributed by atoms with Crippen molar-refractivity contribution in [1.29, 1.82) is 0 Å². The average Bonchev–Trinajstić information content (AvgIpc) is 2.42. The summed E-state index contributed by atoms with van der Waals surface area (Å²) < 4.78 is 0. The van der Waals surface area contributed by atoms with Gasteiger partial charge in [0.1, 0.15) is 0 Å². The van der Waals surface area contributed by atoms with E-state index in [1.807, 2.05) is 13.8 Å². The monoisotopic (exact) mass is 257 g/mol. The molecule has 0 bridgehead atoms.